The van der Waals surface area contributed by atoms with E-state index in [1.54, 1.807) is 0 Å². The highest BCUT2D eigenvalue weighted by atomic mass is 15.2. The molecule has 1 aromatic rings. The summed E-state index contributed by atoms with van der Waals surface area (Å²) in [5.74, 6) is 0. The van der Waals surface area contributed by atoms with Gasteiger partial charge in [-0.15, -0.1) is 0 Å². The summed E-state index contributed by atoms with van der Waals surface area (Å²) in [7, 11) is 0. The van der Waals surface area contributed by atoms with E-state index in [1.807, 2.05) is 0 Å². The minimum atomic E-state index is 0.127. The molecule has 0 radical (unpaired) electrons. The van der Waals surface area contributed by atoms with Gasteiger partial charge in [-0.2, -0.15) is 0 Å². The summed E-state index contributed by atoms with van der Waals surface area (Å²) < 4.78 is 0. The van der Waals surface area contributed by atoms with E-state index in [0.29, 0.717) is 0 Å². The molecular formula is C14H22N2. The Hall–Kier alpha value is -0.860. The van der Waals surface area contributed by atoms with Gasteiger partial charge in [0.1, 0.15) is 0 Å². The Bertz CT molecular complexity index is 331. The van der Waals surface area contributed by atoms with Crippen molar-refractivity contribution in [1.82, 2.24) is 4.90 Å². The fourth-order valence-electron chi connectivity index (χ4n) is 2.40. The predicted octanol–water partition coefficient (Wildman–Crippen LogP) is 1.82. The maximum Gasteiger partial charge on any atom is 0.0275 e. The third-order valence-corrected chi connectivity index (χ3v) is 3.78. The minimum Gasteiger partial charge on any atom is -0.329 e. The Balaban J connectivity index is 2.13. The smallest absolute Gasteiger partial charge is 0.0275 e. The van der Waals surface area contributed by atoms with Gasteiger partial charge >= 0.3 is 0 Å². The molecule has 0 saturated heterocycles. The highest BCUT2D eigenvalue weighted by Gasteiger charge is 2.26. The second-order valence-electron chi connectivity index (χ2n) is 5.27. The molecule has 2 N–H and O–H groups in total. The summed E-state index contributed by atoms with van der Waals surface area (Å²) in [6, 6.07) is 8.80. The molecular weight excluding hydrogens is 196 g/mol. The maximum atomic E-state index is 5.85. The second-order valence-corrected chi connectivity index (χ2v) is 5.27. The minimum absolute atomic E-state index is 0.127. The summed E-state index contributed by atoms with van der Waals surface area (Å²) in [4.78, 5) is 2.52. The SMILES string of the molecule is CC(C)(CN)N1CCc2ccccc2CC1. The van der Waals surface area contributed by atoms with Crippen LogP contribution < -0.4 is 5.73 Å². The van der Waals surface area contributed by atoms with Gasteiger partial charge in [-0.3, -0.25) is 4.90 Å². The van der Waals surface area contributed by atoms with Gasteiger partial charge in [-0.05, 0) is 37.8 Å². The van der Waals surface area contributed by atoms with Gasteiger partial charge < -0.3 is 5.73 Å². The lowest BCUT2D eigenvalue weighted by Crippen LogP contribution is -2.50. The van der Waals surface area contributed by atoms with Gasteiger partial charge in [0, 0.05) is 25.2 Å². The molecule has 88 valence electrons. The molecule has 0 bridgehead atoms. The van der Waals surface area contributed by atoms with E-state index in [1.165, 1.54) is 11.1 Å². The molecule has 0 fully saturated rings. The van der Waals surface area contributed by atoms with Gasteiger partial charge in [0.05, 0.1) is 0 Å². The van der Waals surface area contributed by atoms with Gasteiger partial charge in [0.15, 0.2) is 0 Å². The van der Waals surface area contributed by atoms with Crippen molar-refractivity contribution in [2.75, 3.05) is 19.6 Å². The van der Waals surface area contributed by atoms with Gasteiger partial charge in [-0.25, -0.2) is 0 Å². The van der Waals surface area contributed by atoms with Crippen molar-refractivity contribution in [1.29, 1.82) is 0 Å². The van der Waals surface area contributed by atoms with E-state index >= 15 is 0 Å². The molecule has 16 heavy (non-hydrogen) atoms. The number of nitrogens with two attached hydrogens (primary N) is 1. The van der Waals surface area contributed by atoms with E-state index in [4.69, 9.17) is 5.73 Å². The van der Waals surface area contributed by atoms with Gasteiger partial charge in [0.2, 0.25) is 0 Å². The fraction of sp³-hybridized carbons (Fsp3) is 0.571. The third-order valence-electron chi connectivity index (χ3n) is 3.78. The topological polar surface area (TPSA) is 29.3 Å². The first-order valence-electron chi connectivity index (χ1n) is 6.15. The second kappa shape index (κ2) is 4.56. The van der Waals surface area contributed by atoms with E-state index in [2.05, 4.69) is 43.0 Å². The van der Waals surface area contributed by atoms with Gasteiger partial charge in [0.25, 0.3) is 0 Å². The monoisotopic (exact) mass is 218 g/mol. The Morgan fingerprint density at radius 3 is 2.06 bits per heavy atom. The average Bonchev–Trinajstić information content (AvgIpc) is 2.51. The maximum absolute atomic E-state index is 5.85. The van der Waals surface area contributed by atoms with Gasteiger partial charge in [-0.1, -0.05) is 24.3 Å². The van der Waals surface area contributed by atoms with Crippen molar-refractivity contribution in [2.24, 2.45) is 5.73 Å². The van der Waals surface area contributed by atoms with Crippen LogP contribution in [0.1, 0.15) is 25.0 Å². The first kappa shape index (κ1) is 11.6. The molecule has 0 spiro atoms. The summed E-state index contributed by atoms with van der Waals surface area (Å²) in [6.45, 7) is 7.46. The number of benzene rings is 1. The summed E-state index contributed by atoms with van der Waals surface area (Å²) in [6.07, 6.45) is 2.30. The van der Waals surface area contributed by atoms with Crippen molar-refractivity contribution in [3.63, 3.8) is 0 Å². The molecule has 0 unspecified atom stereocenters. The summed E-state index contributed by atoms with van der Waals surface area (Å²) in [5.41, 5.74) is 9.00. The number of rotatable bonds is 2. The molecule has 1 aromatic carbocycles. The molecule has 2 rings (SSSR count). The normalized spacial score (nSPS) is 17.9. The zero-order valence-electron chi connectivity index (χ0n) is 10.4. The number of fused-ring (bicyclic) bond motifs is 1. The van der Waals surface area contributed by atoms with Crippen LogP contribution in [0.15, 0.2) is 24.3 Å². The quantitative estimate of drug-likeness (QED) is 0.820. The van der Waals surface area contributed by atoms with E-state index in [9.17, 15) is 0 Å². The molecule has 0 aliphatic carbocycles. The fourth-order valence-corrected chi connectivity index (χ4v) is 2.40. The Labute approximate surface area is 98.4 Å². The third kappa shape index (κ3) is 2.28. The molecule has 0 aromatic heterocycles. The standard InChI is InChI=1S/C14H22N2/c1-14(2,11-15)16-9-7-12-5-3-4-6-13(12)8-10-16/h3-6H,7-11,15H2,1-2H3. The van der Waals surface area contributed by atoms with Crippen LogP contribution >= 0.6 is 0 Å². The number of nitrogens with zero attached hydrogens (tertiary/aromatic N) is 1. The predicted molar refractivity (Wildman–Crippen MR) is 68.6 cm³/mol. The van der Waals surface area contributed by atoms with Crippen molar-refractivity contribution in [3.05, 3.63) is 35.4 Å². The van der Waals surface area contributed by atoms with Crippen LogP contribution in [0.5, 0.6) is 0 Å². The van der Waals surface area contributed by atoms with Crippen LogP contribution in [0.3, 0.4) is 0 Å². The van der Waals surface area contributed by atoms with E-state index < -0.39 is 0 Å². The van der Waals surface area contributed by atoms with Crippen LogP contribution in [0.25, 0.3) is 0 Å². The zero-order valence-corrected chi connectivity index (χ0v) is 10.4. The zero-order chi connectivity index (χ0) is 11.6. The lowest BCUT2D eigenvalue weighted by Gasteiger charge is -2.36. The Kier molecular flexibility index (Phi) is 3.31. The highest BCUT2D eigenvalue weighted by Crippen LogP contribution is 2.20. The largest absolute Gasteiger partial charge is 0.329 e. The lowest BCUT2D eigenvalue weighted by molar-refractivity contribution is 0.133. The molecule has 0 amide bonds. The number of hydrogen-bond donors (Lipinski definition) is 1. The van der Waals surface area contributed by atoms with E-state index in [-0.39, 0.29) is 5.54 Å². The van der Waals surface area contributed by atoms with Crippen LogP contribution in [0.2, 0.25) is 0 Å². The van der Waals surface area contributed by atoms with Crippen molar-refractivity contribution >= 4 is 0 Å². The molecule has 2 heteroatoms. The van der Waals surface area contributed by atoms with Crippen LogP contribution in [-0.2, 0) is 12.8 Å². The number of hydrogen-bond acceptors (Lipinski definition) is 2. The highest BCUT2D eigenvalue weighted by molar-refractivity contribution is 5.28. The molecule has 1 aliphatic rings. The first-order chi connectivity index (χ1) is 7.63. The van der Waals surface area contributed by atoms with E-state index in [0.717, 1.165) is 32.5 Å². The molecule has 1 aliphatic heterocycles. The Morgan fingerprint density at radius 2 is 1.62 bits per heavy atom. The molecule has 0 atom stereocenters. The molecule has 2 nitrogen and oxygen atoms in total. The molecule has 1 heterocycles. The Morgan fingerprint density at radius 1 is 1.12 bits per heavy atom. The first-order valence-corrected chi connectivity index (χ1v) is 6.15. The molecule has 0 saturated carbocycles. The lowest BCUT2D eigenvalue weighted by atomic mass is 10.0. The van der Waals surface area contributed by atoms with Crippen LogP contribution in [0, 0.1) is 0 Å². The summed E-state index contributed by atoms with van der Waals surface area (Å²) >= 11 is 0. The van der Waals surface area contributed by atoms with Crippen molar-refractivity contribution in [3.8, 4) is 0 Å². The van der Waals surface area contributed by atoms with Crippen LogP contribution in [-0.4, -0.2) is 30.1 Å². The van der Waals surface area contributed by atoms with Crippen LogP contribution in [0.4, 0.5) is 0 Å². The van der Waals surface area contributed by atoms with Crippen molar-refractivity contribution in [2.45, 2.75) is 32.2 Å². The summed E-state index contributed by atoms with van der Waals surface area (Å²) in [5, 5.41) is 0. The van der Waals surface area contributed by atoms with Crippen molar-refractivity contribution < 1.29 is 0 Å². The average molecular weight is 218 g/mol.